The van der Waals surface area contributed by atoms with Gasteiger partial charge in [-0.3, -0.25) is 4.98 Å². The predicted octanol–water partition coefficient (Wildman–Crippen LogP) is 5.87. The van der Waals surface area contributed by atoms with Crippen LogP contribution < -0.4 is 5.32 Å². The second kappa shape index (κ2) is 6.50. The Morgan fingerprint density at radius 3 is 2.86 bits per heavy atom. The highest BCUT2D eigenvalue weighted by molar-refractivity contribution is 14.1. The van der Waals surface area contributed by atoms with E-state index in [0.717, 1.165) is 36.2 Å². The van der Waals surface area contributed by atoms with Gasteiger partial charge in [0, 0.05) is 36.9 Å². The van der Waals surface area contributed by atoms with Crippen LogP contribution in [0.15, 0.2) is 53.1 Å². The van der Waals surface area contributed by atoms with Gasteiger partial charge in [-0.1, -0.05) is 39.7 Å². The largest absolute Gasteiger partial charge is 0.380 e. The van der Waals surface area contributed by atoms with Crippen LogP contribution in [0.4, 0.5) is 5.69 Å². The number of hydrogen-bond acceptors (Lipinski definition) is 2. The van der Waals surface area contributed by atoms with Gasteiger partial charge in [-0.05, 0) is 58.5 Å². The number of hydrogen-bond donors (Lipinski definition) is 1. The number of benzene rings is 2. The van der Waals surface area contributed by atoms with E-state index in [1.54, 1.807) is 0 Å². The fourth-order valence-electron chi connectivity index (χ4n) is 2.16. The minimum Gasteiger partial charge on any atom is -0.380 e. The molecule has 5 heteroatoms. The fraction of sp³-hybridized carbons (Fsp3) is 0.0625. The van der Waals surface area contributed by atoms with E-state index >= 15 is 0 Å². The van der Waals surface area contributed by atoms with E-state index < -0.39 is 0 Å². The van der Waals surface area contributed by atoms with E-state index in [9.17, 15) is 0 Å². The molecule has 0 amide bonds. The number of nitrogens with one attached hydrogen (secondary N) is 1. The maximum atomic E-state index is 5.98. The number of rotatable bonds is 3. The molecule has 0 aliphatic carbocycles. The third-order valence-corrected chi connectivity index (χ3v) is 5.02. The van der Waals surface area contributed by atoms with Crippen LogP contribution >= 0.6 is 50.1 Å². The Balaban J connectivity index is 1.90. The van der Waals surface area contributed by atoms with Crippen LogP contribution in [0.5, 0.6) is 0 Å². The Hall–Kier alpha value is -0.850. The van der Waals surface area contributed by atoms with Crippen molar-refractivity contribution in [2.24, 2.45) is 0 Å². The molecule has 0 aliphatic heterocycles. The molecule has 2 nitrogen and oxygen atoms in total. The van der Waals surface area contributed by atoms with Gasteiger partial charge in [-0.2, -0.15) is 0 Å². The Labute approximate surface area is 150 Å². The summed E-state index contributed by atoms with van der Waals surface area (Å²) in [6.45, 7) is 0.721. The zero-order chi connectivity index (χ0) is 14.8. The van der Waals surface area contributed by atoms with Gasteiger partial charge in [-0.25, -0.2) is 0 Å². The van der Waals surface area contributed by atoms with E-state index in [1.807, 2.05) is 30.5 Å². The average molecular weight is 474 g/mol. The number of halogens is 3. The fourth-order valence-corrected chi connectivity index (χ4v) is 3.68. The average Bonchev–Trinajstić information content (AvgIpc) is 2.48. The molecule has 0 fully saturated rings. The first-order valence-electron chi connectivity index (χ1n) is 6.36. The minimum absolute atomic E-state index is 0.721. The number of pyridine rings is 1. The van der Waals surface area contributed by atoms with Crippen molar-refractivity contribution >= 4 is 66.7 Å². The minimum atomic E-state index is 0.721. The molecule has 1 aromatic heterocycles. The summed E-state index contributed by atoms with van der Waals surface area (Å²) < 4.78 is 2.17. The first kappa shape index (κ1) is 15.1. The van der Waals surface area contributed by atoms with Crippen LogP contribution in [-0.4, -0.2) is 4.98 Å². The van der Waals surface area contributed by atoms with E-state index in [0.29, 0.717) is 0 Å². The van der Waals surface area contributed by atoms with E-state index in [-0.39, 0.29) is 0 Å². The zero-order valence-electron chi connectivity index (χ0n) is 10.9. The molecule has 3 aromatic rings. The monoisotopic (exact) mass is 472 g/mol. The Bertz CT molecular complexity index is 807. The highest BCUT2D eigenvalue weighted by Gasteiger charge is 2.06. The molecule has 0 aliphatic rings. The summed E-state index contributed by atoms with van der Waals surface area (Å²) in [5, 5.41) is 5.32. The molecular formula is C16H11BrClIN2. The normalized spacial score (nSPS) is 10.8. The van der Waals surface area contributed by atoms with Crippen LogP contribution in [0, 0.1) is 3.57 Å². The number of fused-ring (bicyclic) bond motifs is 1. The number of aromatic nitrogens is 1. The highest BCUT2D eigenvalue weighted by Crippen LogP contribution is 2.27. The van der Waals surface area contributed by atoms with Crippen molar-refractivity contribution in [2.75, 3.05) is 5.32 Å². The Morgan fingerprint density at radius 1 is 1.19 bits per heavy atom. The van der Waals surface area contributed by atoms with Crippen molar-refractivity contribution in [3.8, 4) is 0 Å². The predicted molar refractivity (Wildman–Crippen MR) is 101 cm³/mol. The molecule has 0 unspecified atom stereocenters. The molecule has 1 N–H and O–H groups in total. The van der Waals surface area contributed by atoms with Gasteiger partial charge >= 0.3 is 0 Å². The van der Waals surface area contributed by atoms with Crippen LogP contribution in [0.1, 0.15) is 5.56 Å². The molecule has 0 saturated carbocycles. The summed E-state index contributed by atoms with van der Waals surface area (Å²) in [4.78, 5) is 4.50. The van der Waals surface area contributed by atoms with Gasteiger partial charge in [0.05, 0.1) is 5.52 Å². The molecule has 2 aromatic carbocycles. The summed E-state index contributed by atoms with van der Waals surface area (Å²) in [6, 6.07) is 14.0. The SMILES string of the molecule is Clc1ccc(NCc2ccc(Br)c3cccnc23)c(I)c1. The first-order valence-corrected chi connectivity index (χ1v) is 8.61. The summed E-state index contributed by atoms with van der Waals surface area (Å²) in [7, 11) is 0. The maximum absolute atomic E-state index is 5.98. The van der Waals surface area contributed by atoms with Gasteiger partial charge in [0.1, 0.15) is 0 Å². The lowest BCUT2D eigenvalue weighted by molar-refractivity contribution is 1.15. The maximum Gasteiger partial charge on any atom is 0.0763 e. The van der Waals surface area contributed by atoms with Gasteiger partial charge in [0.2, 0.25) is 0 Å². The second-order valence-electron chi connectivity index (χ2n) is 4.58. The molecule has 0 spiro atoms. The van der Waals surface area contributed by atoms with E-state index in [1.165, 1.54) is 5.56 Å². The topological polar surface area (TPSA) is 24.9 Å². The zero-order valence-corrected chi connectivity index (χ0v) is 15.4. The molecule has 0 saturated heterocycles. The Kier molecular flexibility index (Phi) is 4.66. The van der Waals surface area contributed by atoms with Crippen molar-refractivity contribution in [3.05, 3.63) is 67.3 Å². The van der Waals surface area contributed by atoms with Gasteiger partial charge < -0.3 is 5.32 Å². The summed E-state index contributed by atoms with van der Waals surface area (Å²) in [5.74, 6) is 0. The van der Waals surface area contributed by atoms with Crippen molar-refractivity contribution in [1.82, 2.24) is 4.98 Å². The highest BCUT2D eigenvalue weighted by atomic mass is 127. The molecule has 0 bridgehead atoms. The third kappa shape index (κ3) is 3.33. The second-order valence-corrected chi connectivity index (χ2v) is 7.04. The first-order chi connectivity index (χ1) is 10.1. The summed E-state index contributed by atoms with van der Waals surface area (Å²) in [5.41, 5.74) is 3.26. The van der Waals surface area contributed by atoms with E-state index in [4.69, 9.17) is 11.6 Å². The summed E-state index contributed by atoms with van der Waals surface area (Å²) >= 11 is 11.8. The van der Waals surface area contributed by atoms with Crippen LogP contribution in [0.25, 0.3) is 10.9 Å². The summed E-state index contributed by atoms with van der Waals surface area (Å²) in [6.07, 6.45) is 1.82. The molecule has 0 atom stereocenters. The van der Waals surface area contributed by atoms with Crippen molar-refractivity contribution < 1.29 is 0 Å². The molecule has 21 heavy (non-hydrogen) atoms. The van der Waals surface area contributed by atoms with Crippen LogP contribution in [-0.2, 0) is 6.54 Å². The van der Waals surface area contributed by atoms with Crippen LogP contribution in [0.2, 0.25) is 5.02 Å². The van der Waals surface area contributed by atoms with Gasteiger partial charge in [0.25, 0.3) is 0 Å². The number of nitrogens with zero attached hydrogens (tertiary/aromatic N) is 1. The molecule has 1 heterocycles. The molecule has 0 radical (unpaired) electrons. The van der Waals surface area contributed by atoms with Crippen LogP contribution in [0.3, 0.4) is 0 Å². The van der Waals surface area contributed by atoms with Gasteiger partial charge in [-0.15, -0.1) is 0 Å². The van der Waals surface area contributed by atoms with Gasteiger partial charge in [0.15, 0.2) is 0 Å². The van der Waals surface area contributed by atoms with E-state index in [2.05, 4.69) is 67.0 Å². The lowest BCUT2D eigenvalue weighted by Gasteiger charge is -2.11. The number of anilines is 1. The molecule has 106 valence electrons. The quantitative estimate of drug-likeness (QED) is 0.482. The smallest absolute Gasteiger partial charge is 0.0763 e. The molecular weight excluding hydrogens is 462 g/mol. The standard InChI is InChI=1S/C16H11BrClIN2/c17-13-5-3-10(16-12(13)2-1-7-20-16)9-21-15-6-4-11(18)8-14(15)19/h1-8,21H,9H2. The third-order valence-electron chi connectivity index (χ3n) is 3.20. The Morgan fingerprint density at radius 2 is 2.05 bits per heavy atom. The van der Waals surface area contributed by atoms with Crippen molar-refractivity contribution in [1.29, 1.82) is 0 Å². The molecule has 3 rings (SSSR count). The van der Waals surface area contributed by atoms with Crippen molar-refractivity contribution in [3.63, 3.8) is 0 Å². The van der Waals surface area contributed by atoms with Crippen molar-refractivity contribution in [2.45, 2.75) is 6.54 Å². The lowest BCUT2D eigenvalue weighted by atomic mass is 10.1. The lowest BCUT2D eigenvalue weighted by Crippen LogP contribution is -2.02.